The number of aromatic nitrogens is 3. The number of aryl methyl sites for hydroxylation is 1. The van der Waals surface area contributed by atoms with E-state index in [1.807, 2.05) is 43.7 Å². The molecule has 0 amide bonds. The fourth-order valence-corrected chi connectivity index (χ4v) is 3.53. The number of nitrogens with one attached hydrogen (secondary N) is 1. The number of nitro groups is 1. The van der Waals surface area contributed by atoms with E-state index in [-0.39, 0.29) is 17.7 Å². The molecule has 0 aliphatic heterocycles. The van der Waals surface area contributed by atoms with E-state index in [0.29, 0.717) is 5.82 Å². The van der Waals surface area contributed by atoms with E-state index in [2.05, 4.69) is 15.4 Å². The topological polar surface area (TPSA) is 95.1 Å². The van der Waals surface area contributed by atoms with Crippen LogP contribution in [0.5, 0.6) is 5.88 Å². The lowest BCUT2D eigenvalue weighted by Crippen LogP contribution is -2.20. The molecule has 1 N–H and O–H groups in total. The summed E-state index contributed by atoms with van der Waals surface area (Å²) in [4.78, 5) is 15.3. The summed E-state index contributed by atoms with van der Waals surface area (Å²) in [5, 5.41) is 18.7. The number of ether oxygens (including phenoxy) is 1. The molecule has 3 aromatic rings. The van der Waals surface area contributed by atoms with Crippen molar-refractivity contribution < 1.29 is 9.66 Å². The first-order valence-electron chi connectivity index (χ1n) is 9.77. The normalized spacial score (nSPS) is 14.5. The molecular weight excluding hydrogens is 370 g/mol. The average Bonchev–Trinajstić information content (AvgIpc) is 3.16. The molecule has 4 rings (SSSR count). The molecule has 29 heavy (non-hydrogen) atoms. The summed E-state index contributed by atoms with van der Waals surface area (Å²) >= 11 is 0. The van der Waals surface area contributed by atoms with Crippen molar-refractivity contribution in [2.75, 3.05) is 5.32 Å². The van der Waals surface area contributed by atoms with Gasteiger partial charge in [-0.1, -0.05) is 18.6 Å². The number of benzene rings is 1. The zero-order valence-electron chi connectivity index (χ0n) is 16.2. The number of anilines is 2. The van der Waals surface area contributed by atoms with E-state index in [0.717, 1.165) is 42.5 Å². The quantitative estimate of drug-likeness (QED) is 0.475. The van der Waals surface area contributed by atoms with Crippen molar-refractivity contribution in [3.8, 4) is 17.0 Å². The van der Waals surface area contributed by atoms with Gasteiger partial charge in [-0.2, -0.15) is 10.1 Å². The van der Waals surface area contributed by atoms with Crippen LogP contribution in [0.1, 0.15) is 32.1 Å². The van der Waals surface area contributed by atoms with Gasteiger partial charge in [-0.15, -0.1) is 0 Å². The Morgan fingerprint density at radius 1 is 1.10 bits per heavy atom. The molecule has 1 aliphatic carbocycles. The van der Waals surface area contributed by atoms with E-state index >= 15 is 0 Å². The van der Waals surface area contributed by atoms with Gasteiger partial charge in [-0.05, 0) is 49.4 Å². The summed E-state index contributed by atoms with van der Waals surface area (Å²) in [7, 11) is 1.88. The van der Waals surface area contributed by atoms with Crippen molar-refractivity contribution in [2.45, 2.75) is 38.2 Å². The molecule has 1 aliphatic rings. The second kappa shape index (κ2) is 8.30. The van der Waals surface area contributed by atoms with Gasteiger partial charge in [-0.25, -0.2) is 0 Å². The summed E-state index contributed by atoms with van der Waals surface area (Å²) in [5.41, 5.74) is 2.83. The number of rotatable bonds is 6. The van der Waals surface area contributed by atoms with Crippen LogP contribution in [0.4, 0.5) is 17.2 Å². The molecule has 8 nitrogen and oxygen atoms in total. The third-order valence-electron chi connectivity index (χ3n) is 5.06. The molecule has 0 spiro atoms. The number of hydrogen-bond donors (Lipinski definition) is 1. The van der Waals surface area contributed by atoms with E-state index in [1.165, 1.54) is 12.5 Å². The zero-order chi connectivity index (χ0) is 20.2. The van der Waals surface area contributed by atoms with Crippen LogP contribution in [0, 0.1) is 10.1 Å². The fourth-order valence-electron chi connectivity index (χ4n) is 3.53. The lowest BCUT2D eigenvalue weighted by molar-refractivity contribution is -0.386. The Morgan fingerprint density at radius 2 is 1.86 bits per heavy atom. The summed E-state index contributed by atoms with van der Waals surface area (Å²) in [6.45, 7) is 0. The van der Waals surface area contributed by atoms with Gasteiger partial charge in [0.25, 0.3) is 5.88 Å². The van der Waals surface area contributed by atoms with Crippen LogP contribution in [-0.2, 0) is 7.05 Å². The van der Waals surface area contributed by atoms with Crippen molar-refractivity contribution in [1.29, 1.82) is 0 Å². The zero-order valence-corrected chi connectivity index (χ0v) is 16.2. The molecular formula is C21H23N5O3. The number of hydrogen-bond acceptors (Lipinski definition) is 6. The summed E-state index contributed by atoms with van der Waals surface area (Å²) < 4.78 is 7.66. The second-order valence-corrected chi connectivity index (χ2v) is 7.26. The Kier molecular flexibility index (Phi) is 5.41. The molecule has 0 saturated heterocycles. The Bertz CT molecular complexity index is 994. The van der Waals surface area contributed by atoms with Crippen molar-refractivity contribution >= 4 is 17.2 Å². The summed E-state index contributed by atoms with van der Waals surface area (Å²) in [5.74, 6) is 0.592. The highest BCUT2D eigenvalue weighted by molar-refractivity contribution is 5.67. The van der Waals surface area contributed by atoms with Crippen molar-refractivity contribution in [2.24, 2.45) is 7.05 Å². The van der Waals surface area contributed by atoms with E-state index < -0.39 is 4.92 Å². The largest absolute Gasteiger partial charge is 0.469 e. The monoisotopic (exact) mass is 393 g/mol. The molecule has 0 atom stereocenters. The Morgan fingerprint density at radius 3 is 2.52 bits per heavy atom. The molecule has 8 heteroatoms. The van der Waals surface area contributed by atoms with Gasteiger partial charge in [0.2, 0.25) is 0 Å². The van der Waals surface area contributed by atoms with Gasteiger partial charge in [0.15, 0.2) is 0 Å². The van der Waals surface area contributed by atoms with Crippen LogP contribution >= 0.6 is 0 Å². The SMILES string of the molecule is Cn1cc(-c2ccc(Nc3ccc([N+](=O)[O-])c(OC4CCCCC4)n3)cc2)cn1. The van der Waals surface area contributed by atoms with Crippen LogP contribution < -0.4 is 10.1 Å². The first-order valence-corrected chi connectivity index (χ1v) is 9.77. The minimum absolute atomic E-state index is 0.0102. The lowest BCUT2D eigenvalue weighted by Gasteiger charge is -2.22. The maximum Gasteiger partial charge on any atom is 0.331 e. The molecule has 150 valence electrons. The molecule has 1 fully saturated rings. The molecule has 1 saturated carbocycles. The summed E-state index contributed by atoms with van der Waals surface area (Å²) in [6, 6.07) is 10.9. The molecule has 0 unspecified atom stereocenters. The number of nitrogens with zero attached hydrogens (tertiary/aromatic N) is 4. The summed E-state index contributed by atoms with van der Waals surface area (Å²) in [6.07, 6.45) is 8.93. The smallest absolute Gasteiger partial charge is 0.331 e. The fraction of sp³-hybridized carbons (Fsp3) is 0.333. The number of pyridine rings is 1. The molecule has 2 aromatic heterocycles. The first kappa shape index (κ1) is 18.9. The molecule has 0 bridgehead atoms. The van der Waals surface area contributed by atoms with E-state index in [1.54, 1.807) is 10.7 Å². The Hall–Kier alpha value is -3.42. The standard InChI is InChI=1S/C21H23N5O3/c1-25-14-16(13-22-25)15-7-9-17(10-8-15)23-20-12-11-19(26(27)28)21(24-20)29-18-5-3-2-4-6-18/h7-14,18H,2-6H2,1H3,(H,23,24). The third-order valence-corrected chi connectivity index (χ3v) is 5.06. The van der Waals surface area contributed by atoms with Crippen LogP contribution in [0.2, 0.25) is 0 Å². The highest BCUT2D eigenvalue weighted by Gasteiger charge is 2.23. The predicted octanol–water partition coefficient (Wildman–Crippen LogP) is 4.85. The molecule has 2 heterocycles. The third kappa shape index (κ3) is 4.53. The van der Waals surface area contributed by atoms with Gasteiger partial charge in [0.1, 0.15) is 11.9 Å². The van der Waals surface area contributed by atoms with Crippen LogP contribution in [0.15, 0.2) is 48.8 Å². The van der Waals surface area contributed by atoms with Gasteiger partial charge in [-0.3, -0.25) is 14.8 Å². The maximum atomic E-state index is 11.4. The van der Waals surface area contributed by atoms with Gasteiger partial charge >= 0.3 is 5.69 Å². The van der Waals surface area contributed by atoms with E-state index in [9.17, 15) is 10.1 Å². The van der Waals surface area contributed by atoms with E-state index in [4.69, 9.17) is 4.74 Å². The van der Waals surface area contributed by atoms with Crippen LogP contribution in [0.3, 0.4) is 0 Å². The van der Waals surface area contributed by atoms with Gasteiger partial charge in [0.05, 0.1) is 11.1 Å². The minimum atomic E-state index is -0.447. The Labute approximate surface area is 168 Å². The first-order chi connectivity index (χ1) is 14.1. The second-order valence-electron chi connectivity index (χ2n) is 7.26. The minimum Gasteiger partial charge on any atom is -0.469 e. The highest BCUT2D eigenvalue weighted by atomic mass is 16.6. The van der Waals surface area contributed by atoms with Gasteiger partial charge < -0.3 is 10.1 Å². The van der Waals surface area contributed by atoms with Crippen molar-refractivity contribution in [3.63, 3.8) is 0 Å². The van der Waals surface area contributed by atoms with Gasteiger partial charge in [0, 0.05) is 30.6 Å². The van der Waals surface area contributed by atoms with Crippen molar-refractivity contribution in [1.82, 2.24) is 14.8 Å². The molecule has 0 radical (unpaired) electrons. The highest BCUT2D eigenvalue weighted by Crippen LogP contribution is 2.31. The lowest BCUT2D eigenvalue weighted by atomic mass is 9.98. The predicted molar refractivity (Wildman–Crippen MR) is 110 cm³/mol. The van der Waals surface area contributed by atoms with Crippen LogP contribution in [-0.4, -0.2) is 25.8 Å². The average molecular weight is 393 g/mol. The molecule has 1 aromatic carbocycles. The van der Waals surface area contributed by atoms with Crippen molar-refractivity contribution in [3.05, 3.63) is 58.9 Å². The Balaban J connectivity index is 1.52. The maximum absolute atomic E-state index is 11.4. The van der Waals surface area contributed by atoms with Crippen LogP contribution in [0.25, 0.3) is 11.1 Å².